The Labute approximate surface area is 204 Å². The lowest BCUT2D eigenvalue weighted by molar-refractivity contribution is 0.207. The lowest BCUT2D eigenvalue weighted by Crippen LogP contribution is -2.50. The zero-order valence-electron chi connectivity index (χ0n) is 20.4. The highest BCUT2D eigenvalue weighted by Crippen LogP contribution is 2.25. The molecule has 0 aliphatic carbocycles. The summed E-state index contributed by atoms with van der Waals surface area (Å²) in [5.41, 5.74) is 7.02. The number of hydrogen-bond donors (Lipinski definition) is 2. The number of aromatic nitrogens is 6. The van der Waals surface area contributed by atoms with Crippen LogP contribution in [0.15, 0.2) is 30.7 Å². The van der Waals surface area contributed by atoms with Gasteiger partial charge in [0.25, 0.3) is 5.88 Å². The highest BCUT2D eigenvalue weighted by atomic mass is 16.5. The Morgan fingerprint density at radius 2 is 1.80 bits per heavy atom. The second kappa shape index (κ2) is 10.0. The lowest BCUT2D eigenvalue weighted by Gasteiger charge is -2.35. The topological polar surface area (TPSA) is 148 Å². The van der Waals surface area contributed by atoms with E-state index in [2.05, 4.69) is 56.0 Å². The fraction of sp³-hybridized carbons (Fsp3) is 0.435. The molecule has 3 N–H and O–H groups in total. The van der Waals surface area contributed by atoms with Crippen molar-refractivity contribution < 1.29 is 9.53 Å². The molecule has 184 valence electrons. The van der Waals surface area contributed by atoms with Gasteiger partial charge in [-0.15, -0.1) is 0 Å². The second-order valence-corrected chi connectivity index (χ2v) is 9.22. The molecule has 3 aromatic heterocycles. The molecule has 12 heteroatoms. The van der Waals surface area contributed by atoms with E-state index in [0.29, 0.717) is 55.2 Å². The summed E-state index contributed by atoms with van der Waals surface area (Å²) in [5, 5.41) is 2.92. The summed E-state index contributed by atoms with van der Waals surface area (Å²) in [7, 11) is 0. The maximum absolute atomic E-state index is 12.9. The van der Waals surface area contributed by atoms with Gasteiger partial charge in [-0.05, 0) is 13.0 Å². The van der Waals surface area contributed by atoms with Gasteiger partial charge in [-0.2, -0.15) is 0 Å². The van der Waals surface area contributed by atoms with Crippen molar-refractivity contribution in [3.05, 3.63) is 47.9 Å². The van der Waals surface area contributed by atoms with Crippen LogP contribution in [-0.4, -0.2) is 67.0 Å². The average molecular weight is 479 g/mol. The molecule has 4 rings (SSSR count). The molecule has 1 aliphatic rings. The summed E-state index contributed by atoms with van der Waals surface area (Å²) < 4.78 is 5.87. The second-order valence-electron chi connectivity index (χ2n) is 9.22. The average Bonchev–Trinajstić information content (AvgIpc) is 2.82. The van der Waals surface area contributed by atoms with Crippen LogP contribution in [0.25, 0.3) is 0 Å². The third-order valence-corrected chi connectivity index (χ3v) is 5.44. The first-order valence-electron chi connectivity index (χ1n) is 11.4. The zero-order chi connectivity index (χ0) is 25.0. The fourth-order valence-electron chi connectivity index (χ4n) is 3.60. The highest BCUT2D eigenvalue weighted by Gasteiger charge is 2.25. The number of aryl methyl sites for hydroxylation is 1. The molecular weight excluding hydrogens is 448 g/mol. The van der Waals surface area contributed by atoms with E-state index in [4.69, 9.17) is 10.5 Å². The van der Waals surface area contributed by atoms with E-state index in [-0.39, 0.29) is 24.0 Å². The van der Waals surface area contributed by atoms with Crippen molar-refractivity contribution in [3.63, 3.8) is 0 Å². The van der Waals surface area contributed by atoms with Crippen LogP contribution >= 0.6 is 0 Å². The molecule has 4 heterocycles. The van der Waals surface area contributed by atoms with E-state index in [1.165, 1.54) is 0 Å². The molecule has 35 heavy (non-hydrogen) atoms. The quantitative estimate of drug-likeness (QED) is 0.559. The zero-order valence-corrected chi connectivity index (χ0v) is 20.4. The van der Waals surface area contributed by atoms with Crippen molar-refractivity contribution in [2.24, 2.45) is 0 Å². The van der Waals surface area contributed by atoms with Gasteiger partial charge >= 0.3 is 6.03 Å². The van der Waals surface area contributed by atoms with Crippen molar-refractivity contribution in [3.8, 4) is 5.88 Å². The van der Waals surface area contributed by atoms with Gasteiger partial charge < -0.3 is 20.3 Å². The monoisotopic (exact) mass is 478 g/mol. The Balaban J connectivity index is 1.37. The fourth-order valence-corrected chi connectivity index (χ4v) is 3.60. The molecule has 12 nitrogen and oxygen atoms in total. The van der Waals surface area contributed by atoms with Crippen LogP contribution in [0.5, 0.6) is 5.88 Å². The Kier molecular flexibility index (Phi) is 6.90. The SMILES string of the molecule is Cc1nc(NC(=O)N2CCN(c3nccnc3OCc3ccnc(N)n3)CC2)cc(C(C)(C)C)n1. The van der Waals surface area contributed by atoms with Crippen molar-refractivity contribution >= 4 is 23.6 Å². The molecule has 0 unspecified atom stereocenters. The predicted molar refractivity (Wildman–Crippen MR) is 131 cm³/mol. The molecule has 0 saturated carbocycles. The van der Waals surface area contributed by atoms with E-state index in [0.717, 1.165) is 5.69 Å². The molecule has 3 aromatic rings. The van der Waals surface area contributed by atoms with Crippen molar-refractivity contribution in [1.29, 1.82) is 0 Å². The number of amides is 2. The van der Waals surface area contributed by atoms with Crippen LogP contribution in [-0.2, 0) is 12.0 Å². The number of rotatable bonds is 5. The predicted octanol–water partition coefficient (Wildman–Crippen LogP) is 2.18. The van der Waals surface area contributed by atoms with Gasteiger partial charge in [0.1, 0.15) is 18.2 Å². The minimum absolute atomic E-state index is 0.143. The van der Waals surface area contributed by atoms with Crippen LogP contribution < -0.4 is 20.7 Å². The number of nitrogens with zero attached hydrogens (tertiary/aromatic N) is 8. The first-order chi connectivity index (χ1) is 16.7. The molecule has 0 spiro atoms. The maximum Gasteiger partial charge on any atom is 0.323 e. The number of urea groups is 1. The van der Waals surface area contributed by atoms with Crippen LogP contribution in [0.3, 0.4) is 0 Å². The molecule has 1 saturated heterocycles. The largest absolute Gasteiger partial charge is 0.469 e. The third kappa shape index (κ3) is 6.08. The Bertz CT molecular complexity index is 1190. The van der Waals surface area contributed by atoms with Crippen LogP contribution in [0.2, 0.25) is 0 Å². The van der Waals surface area contributed by atoms with Crippen LogP contribution in [0.1, 0.15) is 38.0 Å². The van der Waals surface area contributed by atoms with Gasteiger partial charge in [0.15, 0.2) is 5.82 Å². The van der Waals surface area contributed by atoms with E-state index in [1.54, 1.807) is 29.6 Å². The highest BCUT2D eigenvalue weighted by molar-refractivity contribution is 5.88. The first kappa shape index (κ1) is 24.0. The van der Waals surface area contributed by atoms with E-state index in [9.17, 15) is 4.79 Å². The normalized spacial score (nSPS) is 14.1. The smallest absolute Gasteiger partial charge is 0.323 e. The van der Waals surface area contributed by atoms with Gasteiger partial charge in [-0.25, -0.2) is 34.7 Å². The van der Waals surface area contributed by atoms with Gasteiger partial charge in [-0.3, -0.25) is 5.32 Å². The number of anilines is 3. The molecule has 2 amide bonds. The summed E-state index contributed by atoms with van der Waals surface area (Å²) >= 11 is 0. The molecule has 1 fully saturated rings. The number of hydrogen-bond acceptors (Lipinski definition) is 10. The number of nitrogens with one attached hydrogen (secondary N) is 1. The Morgan fingerprint density at radius 1 is 1.06 bits per heavy atom. The molecular formula is C23H30N10O2. The van der Waals surface area contributed by atoms with E-state index >= 15 is 0 Å². The van der Waals surface area contributed by atoms with Crippen LogP contribution in [0.4, 0.5) is 22.4 Å². The molecule has 0 bridgehead atoms. The minimum atomic E-state index is -0.195. The Morgan fingerprint density at radius 3 is 2.51 bits per heavy atom. The Hall–Kier alpha value is -4.09. The number of nitrogens with two attached hydrogens (primary N) is 1. The van der Waals surface area contributed by atoms with Gasteiger partial charge in [0.2, 0.25) is 5.95 Å². The van der Waals surface area contributed by atoms with E-state index < -0.39 is 0 Å². The van der Waals surface area contributed by atoms with Gasteiger partial charge in [-0.1, -0.05) is 20.8 Å². The number of carbonyl (C=O) groups is 1. The standard InChI is InChI=1S/C23H30N10O2/c1-15-28-17(23(2,3)4)13-18(29-15)31-22(34)33-11-9-32(10-12-33)19-20(26-8-7-25-19)35-14-16-5-6-27-21(24)30-16/h5-8,13H,9-12,14H2,1-4H3,(H2,24,27,30)(H,28,29,31,34). The summed E-state index contributed by atoms with van der Waals surface area (Å²) in [6.07, 6.45) is 4.77. The van der Waals surface area contributed by atoms with Crippen molar-refractivity contribution in [2.75, 3.05) is 42.1 Å². The van der Waals surface area contributed by atoms with Crippen molar-refractivity contribution in [1.82, 2.24) is 34.8 Å². The maximum atomic E-state index is 12.9. The minimum Gasteiger partial charge on any atom is -0.469 e. The lowest BCUT2D eigenvalue weighted by atomic mass is 9.92. The molecule has 0 aromatic carbocycles. The number of carbonyl (C=O) groups excluding carboxylic acids is 1. The third-order valence-electron chi connectivity index (χ3n) is 5.44. The summed E-state index contributed by atoms with van der Waals surface area (Å²) in [5.74, 6) is 2.33. The summed E-state index contributed by atoms with van der Waals surface area (Å²) in [4.78, 5) is 42.4. The van der Waals surface area contributed by atoms with Crippen molar-refractivity contribution in [2.45, 2.75) is 39.7 Å². The first-order valence-corrected chi connectivity index (χ1v) is 11.4. The number of ether oxygens (including phenoxy) is 1. The summed E-state index contributed by atoms with van der Waals surface area (Å²) in [6.45, 7) is 10.4. The van der Waals surface area contributed by atoms with Gasteiger partial charge in [0.05, 0.1) is 11.4 Å². The van der Waals surface area contributed by atoms with Crippen LogP contribution in [0, 0.1) is 6.92 Å². The number of piperazine rings is 1. The van der Waals surface area contributed by atoms with E-state index in [1.807, 2.05) is 17.9 Å². The number of nitrogen functional groups attached to an aromatic ring is 1. The molecule has 0 radical (unpaired) electrons. The van der Waals surface area contributed by atoms with Gasteiger partial charge in [0, 0.05) is 56.3 Å². The molecule has 1 aliphatic heterocycles. The summed E-state index contributed by atoms with van der Waals surface area (Å²) in [6, 6.07) is 3.36. The molecule has 0 atom stereocenters.